The van der Waals surface area contributed by atoms with E-state index in [1.165, 1.54) is 11.3 Å². The van der Waals surface area contributed by atoms with Gasteiger partial charge in [-0.2, -0.15) is 11.8 Å². The maximum absolute atomic E-state index is 13.2. The van der Waals surface area contributed by atoms with Crippen molar-refractivity contribution in [2.75, 3.05) is 41.5 Å². The molecule has 3 heterocycles. The lowest BCUT2D eigenvalue weighted by Crippen LogP contribution is -2.57. The minimum atomic E-state index is -0.953. The van der Waals surface area contributed by atoms with Crippen molar-refractivity contribution >= 4 is 68.1 Å². The fourth-order valence-electron chi connectivity index (χ4n) is 3.67. The molecule has 0 aliphatic carbocycles. The lowest BCUT2D eigenvalue weighted by molar-refractivity contribution is -0.125. The Morgan fingerprint density at radius 2 is 2.10 bits per heavy atom. The van der Waals surface area contributed by atoms with E-state index < -0.39 is 5.54 Å². The normalized spacial score (nSPS) is 21.2. The third-order valence-corrected chi connectivity index (χ3v) is 8.15. The Morgan fingerprint density at radius 1 is 1.26 bits per heavy atom. The number of amides is 3. The SMILES string of the molecule is Cc1cc(NC(=O)[C@]2(NC(=O)c3ccc(Br)s3)CCSC2)ccc1N1CCOCC1=O. The van der Waals surface area contributed by atoms with Crippen LogP contribution in [0, 0.1) is 6.92 Å². The molecule has 10 heteroatoms. The van der Waals surface area contributed by atoms with E-state index in [1.54, 1.807) is 28.8 Å². The van der Waals surface area contributed by atoms with Crippen molar-refractivity contribution < 1.29 is 19.1 Å². The molecule has 0 saturated carbocycles. The van der Waals surface area contributed by atoms with Crippen LogP contribution in [-0.2, 0) is 14.3 Å². The number of nitrogens with zero attached hydrogens (tertiary/aromatic N) is 1. The van der Waals surface area contributed by atoms with Gasteiger partial charge in [0.2, 0.25) is 0 Å². The zero-order valence-corrected chi connectivity index (χ0v) is 20.1. The molecular formula is C21H22BrN3O4S2. The second kappa shape index (κ2) is 9.32. The summed E-state index contributed by atoms with van der Waals surface area (Å²) < 4.78 is 6.06. The van der Waals surface area contributed by atoms with Crippen molar-refractivity contribution in [3.05, 3.63) is 44.6 Å². The van der Waals surface area contributed by atoms with Crippen molar-refractivity contribution in [3.63, 3.8) is 0 Å². The molecule has 7 nitrogen and oxygen atoms in total. The second-order valence-corrected chi connectivity index (χ2v) is 11.1. The van der Waals surface area contributed by atoms with Gasteiger partial charge in [-0.15, -0.1) is 11.3 Å². The molecule has 164 valence electrons. The van der Waals surface area contributed by atoms with E-state index >= 15 is 0 Å². The van der Waals surface area contributed by atoms with Crippen LogP contribution in [0.5, 0.6) is 0 Å². The van der Waals surface area contributed by atoms with Gasteiger partial charge in [0, 0.05) is 23.7 Å². The number of benzene rings is 1. The van der Waals surface area contributed by atoms with Crippen molar-refractivity contribution in [1.82, 2.24) is 5.32 Å². The molecule has 2 fully saturated rings. The van der Waals surface area contributed by atoms with Gasteiger partial charge in [-0.25, -0.2) is 0 Å². The summed E-state index contributed by atoms with van der Waals surface area (Å²) in [4.78, 5) is 40.4. The van der Waals surface area contributed by atoms with Crippen LogP contribution in [0.2, 0.25) is 0 Å². The molecule has 4 rings (SSSR count). The van der Waals surface area contributed by atoms with Gasteiger partial charge < -0.3 is 20.3 Å². The summed E-state index contributed by atoms with van der Waals surface area (Å²) in [5.41, 5.74) is 1.38. The van der Waals surface area contributed by atoms with E-state index in [2.05, 4.69) is 26.6 Å². The van der Waals surface area contributed by atoms with Crippen LogP contribution < -0.4 is 15.5 Å². The van der Waals surface area contributed by atoms with Crippen molar-refractivity contribution in [2.45, 2.75) is 18.9 Å². The standard InChI is InChI=1S/C21H22BrN3O4S2/c1-13-10-14(2-3-15(13)25-7-8-29-11-18(25)26)23-20(28)21(6-9-30-12-21)24-19(27)16-4-5-17(22)31-16/h2-5,10H,6-9,11-12H2,1H3,(H,23,28)(H,24,27)/t21-/m0/s1. The number of hydrogen-bond donors (Lipinski definition) is 2. The predicted molar refractivity (Wildman–Crippen MR) is 127 cm³/mol. The van der Waals surface area contributed by atoms with Gasteiger partial charge in [-0.3, -0.25) is 14.4 Å². The summed E-state index contributed by atoms with van der Waals surface area (Å²) >= 11 is 6.35. The predicted octanol–water partition coefficient (Wildman–Crippen LogP) is 3.43. The highest BCUT2D eigenvalue weighted by Crippen LogP contribution is 2.32. The zero-order valence-electron chi connectivity index (χ0n) is 16.9. The van der Waals surface area contributed by atoms with Crippen molar-refractivity contribution in [3.8, 4) is 0 Å². The Bertz CT molecular complexity index is 1020. The number of thioether (sulfide) groups is 1. The number of aryl methyl sites for hydroxylation is 1. The maximum Gasteiger partial charge on any atom is 0.262 e. The molecular weight excluding hydrogens is 502 g/mol. The zero-order chi connectivity index (χ0) is 22.0. The highest BCUT2D eigenvalue weighted by atomic mass is 79.9. The van der Waals surface area contributed by atoms with Crippen LogP contribution in [0.1, 0.15) is 21.7 Å². The fraction of sp³-hybridized carbons (Fsp3) is 0.381. The van der Waals surface area contributed by atoms with Crippen LogP contribution in [0.3, 0.4) is 0 Å². The Hall–Kier alpha value is -1.88. The number of carbonyl (C=O) groups excluding carboxylic acids is 3. The number of thiophene rings is 1. The van der Waals surface area contributed by atoms with Gasteiger partial charge in [0.1, 0.15) is 12.1 Å². The van der Waals surface area contributed by atoms with Gasteiger partial charge >= 0.3 is 0 Å². The summed E-state index contributed by atoms with van der Waals surface area (Å²) in [7, 11) is 0. The highest BCUT2D eigenvalue weighted by Gasteiger charge is 2.43. The molecule has 1 aromatic heterocycles. The first kappa shape index (κ1) is 22.3. The number of anilines is 2. The number of halogens is 1. The molecule has 0 spiro atoms. The van der Waals surface area contributed by atoms with E-state index in [0.717, 1.165) is 20.8 Å². The topological polar surface area (TPSA) is 87.7 Å². The van der Waals surface area contributed by atoms with Gasteiger partial charge in [-0.05, 0) is 70.9 Å². The van der Waals surface area contributed by atoms with E-state index in [0.29, 0.717) is 35.9 Å². The van der Waals surface area contributed by atoms with Gasteiger partial charge in [0.15, 0.2) is 0 Å². The average molecular weight is 524 g/mol. The molecule has 2 N–H and O–H groups in total. The molecule has 31 heavy (non-hydrogen) atoms. The van der Waals surface area contributed by atoms with E-state index in [4.69, 9.17) is 4.74 Å². The Kier molecular flexibility index (Phi) is 6.71. The molecule has 2 aliphatic rings. The molecule has 2 saturated heterocycles. The first-order valence-corrected chi connectivity index (χ1v) is 12.6. The molecule has 1 aromatic carbocycles. The Balaban J connectivity index is 1.49. The fourth-order valence-corrected chi connectivity index (χ4v) is 6.29. The van der Waals surface area contributed by atoms with Crippen LogP contribution in [0.25, 0.3) is 0 Å². The van der Waals surface area contributed by atoms with Crippen molar-refractivity contribution in [2.24, 2.45) is 0 Å². The van der Waals surface area contributed by atoms with Gasteiger partial charge in [0.25, 0.3) is 17.7 Å². The van der Waals surface area contributed by atoms with Gasteiger partial charge in [0.05, 0.1) is 15.3 Å². The van der Waals surface area contributed by atoms with Crippen LogP contribution >= 0.6 is 39.0 Å². The first-order chi connectivity index (χ1) is 14.9. The summed E-state index contributed by atoms with van der Waals surface area (Å²) in [5.74, 6) is 0.785. The largest absolute Gasteiger partial charge is 0.370 e. The summed E-state index contributed by atoms with van der Waals surface area (Å²) in [6.45, 7) is 3.00. The minimum Gasteiger partial charge on any atom is -0.370 e. The Labute approximate surface area is 197 Å². The van der Waals surface area contributed by atoms with Crippen LogP contribution in [-0.4, -0.2) is 54.5 Å². The second-order valence-electron chi connectivity index (χ2n) is 7.50. The number of rotatable bonds is 5. The molecule has 1 atom stereocenters. The quantitative estimate of drug-likeness (QED) is 0.626. The number of morpholine rings is 1. The number of nitrogens with one attached hydrogen (secondary N) is 2. The smallest absolute Gasteiger partial charge is 0.262 e. The Morgan fingerprint density at radius 3 is 2.74 bits per heavy atom. The van der Waals surface area contributed by atoms with E-state index in [1.807, 2.05) is 25.1 Å². The monoisotopic (exact) mass is 523 g/mol. The lowest BCUT2D eigenvalue weighted by Gasteiger charge is -2.29. The molecule has 0 unspecified atom stereocenters. The molecule has 2 aromatic rings. The summed E-state index contributed by atoms with van der Waals surface area (Å²) in [6.07, 6.45) is 0.571. The molecule has 3 amide bonds. The third kappa shape index (κ3) is 4.82. The van der Waals surface area contributed by atoms with Crippen LogP contribution in [0.4, 0.5) is 11.4 Å². The summed E-state index contributed by atoms with van der Waals surface area (Å²) in [6, 6.07) is 9.04. The number of ether oxygens (including phenoxy) is 1. The first-order valence-electron chi connectivity index (χ1n) is 9.84. The van der Waals surface area contributed by atoms with E-state index in [9.17, 15) is 14.4 Å². The molecule has 0 radical (unpaired) electrons. The average Bonchev–Trinajstić information content (AvgIpc) is 3.39. The lowest BCUT2D eigenvalue weighted by atomic mass is 9.97. The minimum absolute atomic E-state index is 0.0732. The van der Waals surface area contributed by atoms with Gasteiger partial charge in [-0.1, -0.05) is 0 Å². The summed E-state index contributed by atoms with van der Waals surface area (Å²) in [5, 5.41) is 5.94. The van der Waals surface area contributed by atoms with Crippen molar-refractivity contribution in [1.29, 1.82) is 0 Å². The number of carbonyl (C=O) groups is 3. The molecule has 2 aliphatic heterocycles. The molecule has 0 bridgehead atoms. The third-order valence-electron chi connectivity index (χ3n) is 5.34. The van der Waals surface area contributed by atoms with E-state index in [-0.39, 0.29) is 24.3 Å². The highest BCUT2D eigenvalue weighted by molar-refractivity contribution is 9.11. The van der Waals surface area contributed by atoms with Crippen LogP contribution in [0.15, 0.2) is 34.1 Å². The maximum atomic E-state index is 13.2. The number of hydrogen-bond acceptors (Lipinski definition) is 6.